The third-order valence-electron chi connectivity index (χ3n) is 2.84. The molecule has 2 rings (SSSR count). The van der Waals surface area contributed by atoms with Gasteiger partial charge >= 0.3 is 18.1 Å². The van der Waals surface area contributed by atoms with Gasteiger partial charge in [0.05, 0.1) is 5.56 Å². The van der Waals surface area contributed by atoms with Crippen molar-refractivity contribution in [3.05, 3.63) is 35.4 Å². The van der Waals surface area contributed by atoms with Gasteiger partial charge in [0.2, 0.25) is 0 Å². The highest BCUT2D eigenvalue weighted by atomic mass is 19.4. The molecule has 4 nitrogen and oxygen atoms in total. The number of hydrogen-bond acceptors (Lipinski definition) is 4. The van der Waals surface area contributed by atoms with E-state index in [-0.39, 0.29) is 24.2 Å². The summed E-state index contributed by atoms with van der Waals surface area (Å²) in [6.07, 6.45) is -5.26. The summed E-state index contributed by atoms with van der Waals surface area (Å²) in [4.78, 5) is 22.0. The van der Waals surface area contributed by atoms with E-state index in [1.807, 2.05) is 0 Å². The lowest BCUT2D eigenvalue weighted by atomic mass is 9.89. The first kappa shape index (κ1) is 14.4. The lowest BCUT2D eigenvalue weighted by Crippen LogP contribution is -2.53. The predicted octanol–water partition coefficient (Wildman–Crippen LogP) is 1.70. The second-order valence-corrected chi connectivity index (χ2v) is 4.32. The molecule has 1 heterocycles. The number of carbonyl (C=O) groups is 2. The van der Waals surface area contributed by atoms with Gasteiger partial charge < -0.3 is 10.1 Å². The van der Waals surface area contributed by atoms with E-state index in [1.54, 1.807) is 0 Å². The van der Waals surface area contributed by atoms with Crippen molar-refractivity contribution in [2.75, 3.05) is 13.1 Å². The third kappa shape index (κ3) is 2.79. The van der Waals surface area contributed by atoms with Crippen LogP contribution in [0.5, 0.6) is 0 Å². The maximum absolute atomic E-state index is 14.1. The van der Waals surface area contributed by atoms with Crippen molar-refractivity contribution < 1.29 is 31.9 Å². The van der Waals surface area contributed by atoms with Crippen LogP contribution in [0, 0.1) is 0 Å². The van der Waals surface area contributed by atoms with Gasteiger partial charge in [0.15, 0.2) is 5.67 Å². The first-order chi connectivity index (χ1) is 9.22. The van der Waals surface area contributed by atoms with Crippen molar-refractivity contribution in [1.29, 1.82) is 0 Å². The molecule has 108 valence electrons. The van der Waals surface area contributed by atoms with E-state index in [0.717, 1.165) is 12.1 Å². The number of ether oxygens (including phenoxy) is 1. The third-order valence-corrected chi connectivity index (χ3v) is 2.84. The van der Waals surface area contributed by atoms with Gasteiger partial charge in [-0.3, -0.25) is 0 Å². The number of rotatable bonds is 2. The van der Waals surface area contributed by atoms with Gasteiger partial charge in [0.1, 0.15) is 0 Å². The van der Waals surface area contributed by atoms with Gasteiger partial charge in [-0.15, -0.1) is 0 Å². The molecule has 0 aromatic heterocycles. The summed E-state index contributed by atoms with van der Waals surface area (Å²) in [5.74, 6) is -4.07. The second kappa shape index (κ2) is 4.86. The van der Waals surface area contributed by atoms with E-state index in [1.165, 1.54) is 12.1 Å². The lowest BCUT2D eigenvalue weighted by Gasteiger charge is -2.35. The average Bonchev–Trinajstić information content (AvgIpc) is 2.35. The fraction of sp³-hybridized carbons (Fsp3) is 0.333. The Balaban J connectivity index is 2.15. The summed E-state index contributed by atoms with van der Waals surface area (Å²) in [5, 5.41) is 2.71. The fourth-order valence-electron chi connectivity index (χ4n) is 1.67. The van der Waals surface area contributed by atoms with Gasteiger partial charge in [-0.05, 0) is 17.7 Å². The Kier molecular flexibility index (Phi) is 3.51. The van der Waals surface area contributed by atoms with Crippen LogP contribution in [0.3, 0.4) is 0 Å². The van der Waals surface area contributed by atoms with E-state index in [4.69, 9.17) is 0 Å². The Morgan fingerprint density at radius 3 is 2.40 bits per heavy atom. The van der Waals surface area contributed by atoms with Crippen LogP contribution >= 0.6 is 0 Å². The molecule has 0 saturated carbocycles. The van der Waals surface area contributed by atoms with Gasteiger partial charge in [0, 0.05) is 13.1 Å². The highest BCUT2D eigenvalue weighted by Crippen LogP contribution is 2.30. The summed E-state index contributed by atoms with van der Waals surface area (Å²) in [6, 6.07) is 4.94. The van der Waals surface area contributed by atoms with Crippen LogP contribution in [0.4, 0.5) is 17.6 Å². The molecule has 1 aromatic carbocycles. The summed E-state index contributed by atoms with van der Waals surface area (Å²) < 4.78 is 53.6. The number of alkyl halides is 4. The van der Waals surface area contributed by atoms with E-state index < -0.39 is 23.8 Å². The second-order valence-electron chi connectivity index (χ2n) is 4.32. The van der Waals surface area contributed by atoms with Crippen LogP contribution in [-0.4, -0.2) is 31.2 Å². The molecule has 1 aromatic rings. The Bertz CT molecular complexity index is 552. The first-order valence-corrected chi connectivity index (χ1v) is 5.56. The minimum Gasteiger partial charge on any atom is -0.383 e. The topological polar surface area (TPSA) is 55.4 Å². The number of nitrogens with one attached hydrogen (secondary N) is 1. The average molecular weight is 291 g/mol. The fourth-order valence-corrected chi connectivity index (χ4v) is 1.67. The zero-order valence-corrected chi connectivity index (χ0v) is 9.96. The van der Waals surface area contributed by atoms with Crippen molar-refractivity contribution in [2.24, 2.45) is 0 Å². The van der Waals surface area contributed by atoms with Crippen LogP contribution in [0.1, 0.15) is 15.9 Å². The lowest BCUT2D eigenvalue weighted by molar-refractivity contribution is -0.193. The maximum Gasteiger partial charge on any atom is 0.491 e. The Morgan fingerprint density at radius 2 is 1.90 bits per heavy atom. The van der Waals surface area contributed by atoms with Gasteiger partial charge in [-0.25, -0.2) is 14.0 Å². The molecule has 0 unspecified atom stereocenters. The normalized spacial score (nSPS) is 17.2. The Hall–Kier alpha value is -1.96. The molecule has 1 N–H and O–H groups in total. The Labute approximate surface area is 110 Å². The van der Waals surface area contributed by atoms with Crippen molar-refractivity contribution in [3.8, 4) is 0 Å². The van der Waals surface area contributed by atoms with Gasteiger partial charge in [-0.1, -0.05) is 12.1 Å². The maximum atomic E-state index is 14.1. The molecule has 1 aliphatic rings. The van der Waals surface area contributed by atoms with Crippen molar-refractivity contribution in [2.45, 2.75) is 11.8 Å². The number of halogens is 4. The zero-order valence-electron chi connectivity index (χ0n) is 9.96. The van der Waals surface area contributed by atoms with Crippen LogP contribution < -0.4 is 5.32 Å². The SMILES string of the molecule is O=C(OC(=O)C(F)(F)F)c1cccc(C2(F)CNC2)c1. The minimum absolute atomic E-state index is 0.0486. The number of carbonyl (C=O) groups excluding carboxylic acids is 2. The van der Waals surface area contributed by atoms with Crippen molar-refractivity contribution in [3.63, 3.8) is 0 Å². The quantitative estimate of drug-likeness (QED) is 0.512. The smallest absolute Gasteiger partial charge is 0.383 e. The first-order valence-electron chi connectivity index (χ1n) is 5.56. The molecule has 0 radical (unpaired) electrons. The summed E-state index contributed by atoms with van der Waals surface area (Å²) in [7, 11) is 0. The molecular formula is C12H9F4NO3. The molecule has 1 fully saturated rings. The molecule has 20 heavy (non-hydrogen) atoms. The highest BCUT2D eigenvalue weighted by molar-refractivity contribution is 5.98. The molecule has 0 atom stereocenters. The molecule has 8 heteroatoms. The molecule has 0 amide bonds. The van der Waals surface area contributed by atoms with E-state index >= 15 is 0 Å². The van der Waals surface area contributed by atoms with E-state index in [2.05, 4.69) is 10.1 Å². The predicted molar refractivity (Wildman–Crippen MR) is 58.6 cm³/mol. The molecular weight excluding hydrogens is 282 g/mol. The molecule has 0 spiro atoms. The largest absolute Gasteiger partial charge is 0.491 e. The number of hydrogen-bond donors (Lipinski definition) is 1. The molecule has 0 bridgehead atoms. The Morgan fingerprint density at radius 1 is 1.25 bits per heavy atom. The zero-order chi connectivity index (χ0) is 15.0. The van der Waals surface area contributed by atoms with Crippen LogP contribution in [-0.2, 0) is 15.2 Å². The summed E-state index contributed by atoms with van der Waals surface area (Å²) >= 11 is 0. The molecule has 1 aliphatic heterocycles. The molecule has 1 saturated heterocycles. The van der Waals surface area contributed by atoms with Crippen LogP contribution in [0.2, 0.25) is 0 Å². The van der Waals surface area contributed by atoms with Gasteiger partial charge in [-0.2, -0.15) is 13.2 Å². The van der Waals surface area contributed by atoms with Gasteiger partial charge in [0.25, 0.3) is 0 Å². The summed E-state index contributed by atoms with van der Waals surface area (Å²) in [6.45, 7) is 0.0972. The van der Waals surface area contributed by atoms with E-state index in [0.29, 0.717) is 0 Å². The standard InChI is InChI=1S/C12H9F4NO3/c13-11(5-17-6-11)8-3-1-2-7(4-8)9(18)20-10(19)12(14,15)16/h1-4,17H,5-6H2. The number of esters is 2. The van der Waals surface area contributed by atoms with Crippen molar-refractivity contribution in [1.82, 2.24) is 5.32 Å². The minimum atomic E-state index is -5.26. The van der Waals surface area contributed by atoms with E-state index in [9.17, 15) is 27.2 Å². The monoisotopic (exact) mass is 291 g/mol. The molecule has 0 aliphatic carbocycles. The van der Waals surface area contributed by atoms with Crippen molar-refractivity contribution >= 4 is 11.9 Å². The summed E-state index contributed by atoms with van der Waals surface area (Å²) in [5.41, 5.74) is -1.83. The number of benzene rings is 1. The van der Waals surface area contributed by atoms with Crippen LogP contribution in [0.15, 0.2) is 24.3 Å². The highest BCUT2D eigenvalue weighted by Gasteiger charge is 2.43. The van der Waals surface area contributed by atoms with Crippen LogP contribution in [0.25, 0.3) is 0 Å².